The molecule has 1 aromatic heterocycles. The number of hydroxylamine groups is 2. The van der Waals surface area contributed by atoms with Crippen LogP contribution in [-0.2, 0) is 25.1 Å². The Bertz CT molecular complexity index is 809. The van der Waals surface area contributed by atoms with Gasteiger partial charge >= 0.3 is 0 Å². The van der Waals surface area contributed by atoms with Crippen LogP contribution in [0.2, 0.25) is 0 Å². The van der Waals surface area contributed by atoms with Crippen LogP contribution in [-0.4, -0.2) is 55.1 Å². The molecule has 1 aromatic carbocycles. The van der Waals surface area contributed by atoms with Crippen LogP contribution in [0.15, 0.2) is 36.5 Å². The summed E-state index contributed by atoms with van der Waals surface area (Å²) >= 11 is 0. The fraction of sp³-hybridized carbons (Fsp3) is 0.375. The van der Waals surface area contributed by atoms with Crippen molar-refractivity contribution in [3.63, 3.8) is 0 Å². The Morgan fingerprint density at radius 1 is 1.38 bits per heavy atom. The smallest absolute Gasteiger partial charge is 0.233 e. The first-order valence-corrected chi connectivity index (χ1v) is 9.18. The van der Waals surface area contributed by atoms with E-state index in [0.29, 0.717) is 10.6 Å². The fourth-order valence-corrected chi connectivity index (χ4v) is 4.16. The van der Waals surface area contributed by atoms with Crippen molar-refractivity contribution in [2.45, 2.75) is 24.8 Å². The molecule has 7 nitrogen and oxygen atoms in total. The van der Waals surface area contributed by atoms with Gasteiger partial charge in [0.25, 0.3) is 0 Å². The lowest BCUT2D eigenvalue weighted by molar-refractivity contribution is -0.168. The summed E-state index contributed by atoms with van der Waals surface area (Å²) in [5, 5.41) is 10.8. The minimum absolute atomic E-state index is 0.174. The summed E-state index contributed by atoms with van der Waals surface area (Å²) in [4.78, 5) is 15.0. The van der Waals surface area contributed by atoms with Crippen LogP contribution in [0.1, 0.15) is 12.5 Å². The van der Waals surface area contributed by atoms with E-state index in [9.17, 15) is 18.4 Å². The molecular weight excluding hydrogens is 332 g/mol. The van der Waals surface area contributed by atoms with Crippen molar-refractivity contribution < 1.29 is 23.2 Å². The highest BCUT2D eigenvalue weighted by molar-refractivity contribution is 7.90. The number of sulfone groups is 1. The molecule has 1 heterocycles. The molecular formula is C16H20N2O5S. The minimum Gasteiger partial charge on any atom is -0.379 e. The molecule has 1 N–H and O–H groups in total. The van der Waals surface area contributed by atoms with Crippen LogP contribution in [0.5, 0.6) is 0 Å². The molecule has 0 saturated carbocycles. The van der Waals surface area contributed by atoms with Crippen molar-refractivity contribution in [1.82, 2.24) is 10.0 Å². The Hall–Kier alpha value is -2.03. The lowest BCUT2D eigenvalue weighted by Gasteiger charge is -2.27. The summed E-state index contributed by atoms with van der Waals surface area (Å²) in [5.74, 6) is -0.644. The first-order chi connectivity index (χ1) is 11.4. The number of benzene rings is 1. The van der Waals surface area contributed by atoms with Gasteiger partial charge < -0.3 is 4.74 Å². The van der Waals surface area contributed by atoms with E-state index in [-0.39, 0.29) is 12.2 Å². The molecule has 0 spiro atoms. The average Bonchev–Trinajstić information content (AvgIpc) is 2.58. The number of carbonyl (C=O) groups is 1. The fourth-order valence-electron chi connectivity index (χ4n) is 2.43. The van der Waals surface area contributed by atoms with Crippen LogP contribution >= 0.6 is 0 Å². The second kappa shape index (κ2) is 7.69. The Labute approximate surface area is 140 Å². The average molecular weight is 352 g/mol. The molecule has 0 saturated heterocycles. The zero-order valence-corrected chi connectivity index (χ0v) is 14.3. The van der Waals surface area contributed by atoms with E-state index in [1.165, 1.54) is 13.3 Å². The van der Waals surface area contributed by atoms with Crippen molar-refractivity contribution in [3.8, 4) is 0 Å². The number of rotatable bonds is 8. The first kappa shape index (κ1) is 18.3. The zero-order valence-electron chi connectivity index (χ0n) is 13.5. The van der Waals surface area contributed by atoms with E-state index in [4.69, 9.17) is 4.74 Å². The quantitative estimate of drug-likeness (QED) is 0.438. The van der Waals surface area contributed by atoms with Gasteiger partial charge in [-0.2, -0.15) is 0 Å². The summed E-state index contributed by atoms with van der Waals surface area (Å²) in [5.41, 5.74) is 1.33. The summed E-state index contributed by atoms with van der Waals surface area (Å²) in [6.07, 6.45) is 1.06. The summed E-state index contributed by atoms with van der Waals surface area (Å²) < 4.78 is 30.0. The Morgan fingerprint density at radius 2 is 2.08 bits per heavy atom. The normalized spacial score (nSPS) is 14.3. The molecule has 0 aliphatic carbocycles. The van der Waals surface area contributed by atoms with Crippen molar-refractivity contribution >= 4 is 27.2 Å². The number of pyridine rings is 1. The van der Waals surface area contributed by atoms with Gasteiger partial charge in [-0.3, -0.25) is 15.0 Å². The minimum atomic E-state index is -3.59. The summed E-state index contributed by atoms with van der Waals surface area (Å²) in [6, 6.07) is 8.20. The predicted octanol–water partition coefficient (Wildman–Crippen LogP) is 1.40. The maximum atomic E-state index is 12.5. The van der Waals surface area contributed by atoms with Crippen LogP contribution in [0.4, 0.5) is 0 Å². The number of hydrogen-bond donors (Lipinski definition) is 1. The lowest BCUT2D eigenvalue weighted by atomic mass is 10.2. The van der Waals surface area contributed by atoms with E-state index < -0.39 is 27.7 Å². The van der Waals surface area contributed by atoms with Crippen LogP contribution in [0.25, 0.3) is 10.9 Å². The standard InChI is InChI=1S/C16H20N2O5S/c1-12(23-2)16(18(20)11-19)10-24(21,22)9-13-7-14-5-3-4-6-15(14)17-8-13/h3-8,11-12,16,20H,9-10H2,1-2H3/t12-,16?/m0/s1. The SMILES string of the molecule is CO[C@@H](C)C(CS(=O)(=O)Cc1cnc2ccccc2c1)N(O)C=O. The van der Waals surface area contributed by atoms with E-state index >= 15 is 0 Å². The maximum absolute atomic E-state index is 12.5. The van der Waals surface area contributed by atoms with Crippen LogP contribution in [0.3, 0.4) is 0 Å². The highest BCUT2D eigenvalue weighted by atomic mass is 32.2. The van der Waals surface area contributed by atoms with Gasteiger partial charge in [0, 0.05) is 18.7 Å². The van der Waals surface area contributed by atoms with E-state index in [0.717, 1.165) is 10.9 Å². The third-order valence-corrected chi connectivity index (χ3v) is 5.44. The number of aromatic nitrogens is 1. The number of ether oxygens (including phenoxy) is 1. The van der Waals surface area contributed by atoms with Crippen molar-refractivity contribution in [2.24, 2.45) is 0 Å². The highest BCUT2D eigenvalue weighted by Gasteiger charge is 2.29. The molecule has 0 bridgehead atoms. The Morgan fingerprint density at radius 3 is 2.75 bits per heavy atom. The molecule has 1 unspecified atom stereocenters. The topological polar surface area (TPSA) is 96.8 Å². The van der Waals surface area contributed by atoms with Crippen LogP contribution < -0.4 is 0 Å². The van der Waals surface area contributed by atoms with E-state index in [2.05, 4.69) is 4.98 Å². The highest BCUT2D eigenvalue weighted by Crippen LogP contribution is 2.16. The zero-order chi connectivity index (χ0) is 17.7. The maximum Gasteiger partial charge on any atom is 0.233 e. The molecule has 0 radical (unpaired) electrons. The van der Waals surface area contributed by atoms with Gasteiger partial charge in [0.1, 0.15) is 0 Å². The third kappa shape index (κ3) is 4.50. The monoisotopic (exact) mass is 352 g/mol. The molecule has 1 amide bonds. The number of carbonyl (C=O) groups excluding carboxylic acids is 1. The first-order valence-electron chi connectivity index (χ1n) is 7.35. The van der Waals surface area contributed by atoms with Gasteiger partial charge in [-0.05, 0) is 24.6 Å². The van der Waals surface area contributed by atoms with Crippen LogP contribution in [0, 0.1) is 0 Å². The number of methoxy groups -OCH3 is 1. The molecule has 8 heteroatoms. The second-order valence-corrected chi connectivity index (χ2v) is 7.69. The van der Waals surface area contributed by atoms with E-state index in [1.54, 1.807) is 13.0 Å². The van der Waals surface area contributed by atoms with Gasteiger partial charge in [0.15, 0.2) is 9.84 Å². The summed E-state index contributed by atoms with van der Waals surface area (Å²) in [7, 11) is -2.21. The van der Waals surface area contributed by atoms with Gasteiger partial charge in [-0.1, -0.05) is 18.2 Å². The Kier molecular flexibility index (Phi) is 5.87. The molecule has 130 valence electrons. The van der Waals surface area contributed by atoms with Gasteiger partial charge in [-0.15, -0.1) is 0 Å². The van der Waals surface area contributed by atoms with Gasteiger partial charge in [-0.25, -0.2) is 13.5 Å². The number of fused-ring (bicyclic) bond motifs is 1. The van der Waals surface area contributed by atoms with Crippen molar-refractivity contribution in [1.29, 1.82) is 0 Å². The van der Waals surface area contributed by atoms with E-state index in [1.807, 2.05) is 24.3 Å². The summed E-state index contributed by atoms with van der Waals surface area (Å²) in [6.45, 7) is 1.59. The molecule has 2 atom stereocenters. The molecule has 0 aliphatic rings. The largest absolute Gasteiger partial charge is 0.379 e. The Balaban J connectivity index is 2.20. The molecule has 24 heavy (non-hydrogen) atoms. The second-order valence-electron chi connectivity index (χ2n) is 5.58. The molecule has 0 aliphatic heterocycles. The van der Waals surface area contributed by atoms with Crippen molar-refractivity contribution in [2.75, 3.05) is 12.9 Å². The third-order valence-electron chi connectivity index (χ3n) is 3.82. The molecule has 0 fully saturated rings. The molecule has 2 rings (SSSR count). The van der Waals surface area contributed by atoms with Crippen molar-refractivity contribution in [3.05, 3.63) is 42.1 Å². The molecule has 2 aromatic rings. The van der Waals surface area contributed by atoms with Gasteiger partial charge in [0.05, 0.1) is 29.2 Å². The number of hydrogen-bond acceptors (Lipinski definition) is 6. The number of para-hydroxylation sites is 1. The van der Waals surface area contributed by atoms with Gasteiger partial charge in [0.2, 0.25) is 6.41 Å². The number of amides is 1. The number of nitrogens with zero attached hydrogens (tertiary/aromatic N) is 2. The predicted molar refractivity (Wildman–Crippen MR) is 89.2 cm³/mol. The lowest BCUT2D eigenvalue weighted by Crippen LogP contribution is -2.45.